The van der Waals surface area contributed by atoms with Crippen LogP contribution in [-0.4, -0.2) is 38.2 Å². The fourth-order valence-electron chi connectivity index (χ4n) is 5.49. The van der Waals surface area contributed by atoms with Gasteiger partial charge in [-0.15, -0.1) is 0 Å². The number of anilines is 5. The Balaban J connectivity index is 1.46. The standard InChI is InChI=1S/C27H25FN8O/c1-2-22-26(37)36(20-9-5-6-16(10-20)13-29)23-15-30-27(33-25(23)35(22)19-7-3-4-8-19)32-18-11-17-14-31-34-24(17)21(28)12-18/h5-6,9-12,14-15,19,22H,2-4,7-8H2,1H3,(H,31,34)(H,30,32,33)/t22-/m1/s1. The Bertz CT molecular complexity index is 1540. The molecule has 2 aliphatic rings. The van der Waals surface area contributed by atoms with Gasteiger partial charge >= 0.3 is 0 Å². The van der Waals surface area contributed by atoms with Crippen molar-refractivity contribution in [2.75, 3.05) is 15.1 Å². The molecule has 3 heterocycles. The number of hydrogen-bond acceptors (Lipinski definition) is 7. The highest BCUT2D eigenvalue weighted by Gasteiger charge is 2.43. The number of carbonyl (C=O) groups is 1. The second kappa shape index (κ2) is 9.17. The summed E-state index contributed by atoms with van der Waals surface area (Å²) in [6, 6.07) is 12.1. The van der Waals surface area contributed by atoms with Crippen LogP contribution in [0.15, 0.2) is 48.8 Å². The lowest BCUT2D eigenvalue weighted by Gasteiger charge is -2.44. The molecule has 2 aromatic carbocycles. The van der Waals surface area contributed by atoms with Crippen LogP contribution < -0.4 is 15.1 Å². The number of amides is 1. The highest BCUT2D eigenvalue weighted by atomic mass is 19.1. The van der Waals surface area contributed by atoms with Gasteiger partial charge < -0.3 is 10.2 Å². The van der Waals surface area contributed by atoms with Gasteiger partial charge in [0.1, 0.15) is 17.2 Å². The predicted octanol–water partition coefficient (Wildman–Crippen LogP) is 5.31. The van der Waals surface area contributed by atoms with Gasteiger partial charge in [-0.3, -0.25) is 14.8 Å². The molecule has 0 spiro atoms. The minimum absolute atomic E-state index is 0.0613. The van der Waals surface area contributed by atoms with Crippen molar-refractivity contribution in [2.24, 2.45) is 0 Å². The van der Waals surface area contributed by atoms with Gasteiger partial charge in [0.05, 0.1) is 29.7 Å². The maximum absolute atomic E-state index is 14.5. The van der Waals surface area contributed by atoms with E-state index in [0.29, 0.717) is 51.7 Å². The molecule has 2 N–H and O–H groups in total. The first-order valence-electron chi connectivity index (χ1n) is 12.5. The molecule has 0 bridgehead atoms. The molecule has 4 aromatic rings. The molecular weight excluding hydrogens is 471 g/mol. The molecular formula is C27H25FN8O. The van der Waals surface area contributed by atoms with Crippen LogP contribution in [0.4, 0.5) is 33.2 Å². The molecule has 1 fully saturated rings. The van der Waals surface area contributed by atoms with Gasteiger partial charge in [-0.05, 0) is 49.6 Å². The van der Waals surface area contributed by atoms with Crippen LogP contribution in [0.5, 0.6) is 0 Å². The molecule has 186 valence electrons. The number of halogens is 1. The molecule has 0 unspecified atom stereocenters. The van der Waals surface area contributed by atoms with E-state index in [0.717, 1.165) is 25.7 Å². The number of H-pyrrole nitrogens is 1. The van der Waals surface area contributed by atoms with E-state index in [1.807, 2.05) is 13.0 Å². The highest BCUT2D eigenvalue weighted by molar-refractivity contribution is 6.10. The SMILES string of the molecule is CC[C@@H]1C(=O)N(c2cccc(C#N)c2)c2cnc(Nc3cc(F)c4[nH]ncc4c3)nc2N1C1CCCC1. The predicted molar refractivity (Wildman–Crippen MR) is 138 cm³/mol. The van der Waals surface area contributed by atoms with Gasteiger partial charge in [-0.2, -0.15) is 15.3 Å². The minimum atomic E-state index is -0.428. The lowest BCUT2D eigenvalue weighted by molar-refractivity contribution is -0.119. The van der Waals surface area contributed by atoms with E-state index < -0.39 is 11.9 Å². The first-order chi connectivity index (χ1) is 18.1. The van der Waals surface area contributed by atoms with Crippen molar-refractivity contribution < 1.29 is 9.18 Å². The van der Waals surface area contributed by atoms with Crippen molar-refractivity contribution in [3.8, 4) is 6.07 Å². The third kappa shape index (κ3) is 3.93. The summed E-state index contributed by atoms with van der Waals surface area (Å²) in [5, 5.41) is 19.7. The summed E-state index contributed by atoms with van der Waals surface area (Å²) in [4.78, 5) is 27.0. The number of nitriles is 1. The van der Waals surface area contributed by atoms with Crippen LogP contribution in [0.1, 0.15) is 44.6 Å². The second-order valence-electron chi connectivity index (χ2n) is 9.43. The second-order valence-corrected chi connectivity index (χ2v) is 9.43. The largest absolute Gasteiger partial charge is 0.340 e. The molecule has 6 rings (SSSR count). The summed E-state index contributed by atoms with van der Waals surface area (Å²) in [6.45, 7) is 2.00. The quantitative estimate of drug-likeness (QED) is 0.385. The number of carbonyl (C=O) groups excluding carboxylic acids is 1. The fourth-order valence-corrected chi connectivity index (χ4v) is 5.49. The number of benzene rings is 2. The van der Waals surface area contributed by atoms with E-state index in [1.54, 1.807) is 41.6 Å². The van der Waals surface area contributed by atoms with Crippen LogP contribution in [0, 0.1) is 17.1 Å². The molecule has 1 atom stereocenters. The van der Waals surface area contributed by atoms with Gasteiger partial charge in [-0.1, -0.05) is 25.8 Å². The molecule has 1 saturated carbocycles. The van der Waals surface area contributed by atoms with Gasteiger partial charge in [0.2, 0.25) is 5.95 Å². The first-order valence-corrected chi connectivity index (χ1v) is 12.5. The molecule has 1 aliphatic heterocycles. The Morgan fingerprint density at radius 1 is 1.22 bits per heavy atom. The lowest BCUT2D eigenvalue weighted by Crippen LogP contribution is -2.55. The molecule has 37 heavy (non-hydrogen) atoms. The van der Waals surface area contributed by atoms with Crippen molar-refractivity contribution in [3.63, 3.8) is 0 Å². The maximum Gasteiger partial charge on any atom is 0.254 e. The van der Waals surface area contributed by atoms with E-state index in [-0.39, 0.29) is 11.9 Å². The maximum atomic E-state index is 14.5. The van der Waals surface area contributed by atoms with Crippen LogP contribution in [-0.2, 0) is 4.79 Å². The summed E-state index contributed by atoms with van der Waals surface area (Å²) >= 11 is 0. The molecule has 1 aliphatic carbocycles. The average molecular weight is 497 g/mol. The van der Waals surface area contributed by atoms with Gasteiger partial charge in [-0.25, -0.2) is 9.37 Å². The highest BCUT2D eigenvalue weighted by Crippen LogP contribution is 2.43. The van der Waals surface area contributed by atoms with Crippen molar-refractivity contribution >= 4 is 45.6 Å². The molecule has 1 amide bonds. The number of aromatic amines is 1. The monoisotopic (exact) mass is 496 g/mol. The van der Waals surface area contributed by atoms with Crippen LogP contribution in [0.2, 0.25) is 0 Å². The van der Waals surface area contributed by atoms with Crippen LogP contribution in [0.25, 0.3) is 10.9 Å². The van der Waals surface area contributed by atoms with Gasteiger partial charge in [0.25, 0.3) is 5.91 Å². The Morgan fingerprint density at radius 3 is 2.84 bits per heavy atom. The number of nitrogens with zero attached hydrogens (tertiary/aromatic N) is 6. The van der Waals surface area contributed by atoms with Crippen molar-refractivity contribution in [3.05, 3.63) is 60.2 Å². The van der Waals surface area contributed by atoms with Gasteiger partial charge in [0, 0.05) is 17.1 Å². The van der Waals surface area contributed by atoms with E-state index in [4.69, 9.17) is 4.98 Å². The number of fused-ring (bicyclic) bond motifs is 2. The average Bonchev–Trinajstić information content (AvgIpc) is 3.61. The number of hydrogen-bond donors (Lipinski definition) is 2. The first kappa shape index (κ1) is 22.9. The summed E-state index contributed by atoms with van der Waals surface area (Å²) in [5.74, 6) is 0.471. The van der Waals surface area contributed by atoms with Crippen molar-refractivity contribution in [1.29, 1.82) is 5.26 Å². The summed E-state index contributed by atoms with van der Waals surface area (Å²) in [5.41, 5.74) is 2.47. The van der Waals surface area contributed by atoms with E-state index in [2.05, 4.69) is 31.5 Å². The summed E-state index contributed by atoms with van der Waals surface area (Å²) < 4.78 is 14.5. The zero-order valence-electron chi connectivity index (χ0n) is 20.3. The Kier molecular flexibility index (Phi) is 5.68. The van der Waals surface area contributed by atoms with Crippen LogP contribution in [0.3, 0.4) is 0 Å². The third-order valence-electron chi connectivity index (χ3n) is 7.17. The minimum Gasteiger partial charge on any atom is -0.340 e. The topological polar surface area (TPSA) is 114 Å². The normalized spacial score (nSPS) is 17.8. The molecule has 9 nitrogen and oxygen atoms in total. The zero-order chi connectivity index (χ0) is 25.5. The Hall–Kier alpha value is -4.52. The number of nitrogens with one attached hydrogen (secondary N) is 2. The Morgan fingerprint density at radius 2 is 2.05 bits per heavy atom. The van der Waals surface area contributed by atoms with Crippen LogP contribution >= 0.6 is 0 Å². The van der Waals surface area contributed by atoms with E-state index >= 15 is 0 Å². The third-order valence-corrected chi connectivity index (χ3v) is 7.17. The number of rotatable bonds is 5. The molecule has 2 aromatic heterocycles. The molecule has 0 saturated heterocycles. The smallest absolute Gasteiger partial charge is 0.254 e. The molecule has 0 radical (unpaired) electrons. The van der Waals surface area contributed by atoms with Crippen molar-refractivity contribution in [1.82, 2.24) is 20.2 Å². The summed E-state index contributed by atoms with van der Waals surface area (Å²) in [6.07, 6.45) is 7.99. The van der Waals surface area contributed by atoms with Gasteiger partial charge in [0.15, 0.2) is 11.6 Å². The van der Waals surface area contributed by atoms with E-state index in [9.17, 15) is 14.4 Å². The van der Waals surface area contributed by atoms with Crippen molar-refractivity contribution in [2.45, 2.75) is 51.1 Å². The zero-order valence-corrected chi connectivity index (χ0v) is 20.3. The van der Waals surface area contributed by atoms with E-state index in [1.165, 1.54) is 6.07 Å². The fraction of sp³-hybridized carbons (Fsp3) is 0.296. The number of aromatic nitrogens is 4. The lowest BCUT2D eigenvalue weighted by atomic mass is 10.0. The molecule has 10 heteroatoms. The Labute approximate surface area is 212 Å². The summed E-state index contributed by atoms with van der Waals surface area (Å²) in [7, 11) is 0.